The first-order valence-corrected chi connectivity index (χ1v) is 7.40. The van der Waals surface area contributed by atoms with E-state index in [0.717, 1.165) is 5.56 Å². The summed E-state index contributed by atoms with van der Waals surface area (Å²) >= 11 is 0. The van der Waals surface area contributed by atoms with E-state index >= 15 is 0 Å². The smallest absolute Gasteiger partial charge is 0.325 e. The second-order valence-electron chi connectivity index (χ2n) is 5.07. The number of carbonyl (C=O) groups is 3. The second kappa shape index (κ2) is 8.47. The van der Waals surface area contributed by atoms with Gasteiger partial charge in [-0.2, -0.15) is 0 Å². The minimum absolute atomic E-state index is 0.300. The highest BCUT2D eigenvalue weighted by atomic mass is 16.5. The van der Waals surface area contributed by atoms with Crippen molar-refractivity contribution in [2.45, 2.75) is 6.92 Å². The molecule has 0 bridgehead atoms. The highest BCUT2D eigenvalue weighted by Crippen LogP contribution is 2.12. The Morgan fingerprint density at radius 2 is 1.62 bits per heavy atom. The van der Waals surface area contributed by atoms with Gasteiger partial charge in [0.2, 0.25) is 0 Å². The molecular formula is C18H18N2O4. The molecule has 0 fully saturated rings. The molecule has 0 aliphatic carbocycles. The maximum Gasteiger partial charge on any atom is 0.325 e. The number of hydrogen-bond donors (Lipinski definition) is 2. The van der Waals surface area contributed by atoms with Crippen molar-refractivity contribution in [2.75, 3.05) is 18.5 Å². The number of ether oxygens (including phenoxy) is 1. The van der Waals surface area contributed by atoms with Crippen LogP contribution in [0.3, 0.4) is 0 Å². The molecule has 0 aliphatic rings. The van der Waals surface area contributed by atoms with Gasteiger partial charge in [-0.3, -0.25) is 14.4 Å². The van der Waals surface area contributed by atoms with Gasteiger partial charge in [-0.05, 0) is 30.7 Å². The molecule has 124 valence electrons. The SMILES string of the molecule is Cc1ccccc1NC(=O)COC(=O)CNC(=O)c1ccccc1. The van der Waals surface area contributed by atoms with Crippen LogP contribution in [0.25, 0.3) is 0 Å². The molecule has 0 radical (unpaired) electrons. The topological polar surface area (TPSA) is 84.5 Å². The van der Waals surface area contributed by atoms with Crippen LogP contribution < -0.4 is 10.6 Å². The van der Waals surface area contributed by atoms with E-state index in [1.807, 2.05) is 19.1 Å². The predicted molar refractivity (Wildman–Crippen MR) is 89.5 cm³/mol. The number of carbonyl (C=O) groups excluding carboxylic acids is 3. The Morgan fingerprint density at radius 3 is 2.33 bits per heavy atom. The number of nitrogens with one attached hydrogen (secondary N) is 2. The Balaban J connectivity index is 1.72. The number of amides is 2. The third-order valence-corrected chi connectivity index (χ3v) is 3.21. The Kier molecular flexibility index (Phi) is 6.08. The molecule has 2 aromatic carbocycles. The van der Waals surface area contributed by atoms with Gasteiger partial charge in [0.1, 0.15) is 6.54 Å². The van der Waals surface area contributed by atoms with Gasteiger partial charge in [-0.15, -0.1) is 0 Å². The van der Waals surface area contributed by atoms with E-state index in [1.165, 1.54) is 0 Å². The van der Waals surface area contributed by atoms with Crippen LogP contribution in [0.2, 0.25) is 0 Å². The van der Waals surface area contributed by atoms with Gasteiger partial charge in [0.15, 0.2) is 6.61 Å². The van der Waals surface area contributed by atoms with E-state index in [0.29, 0.717) is 11.3 Å². The molecule has 0 heterocycles. The summed E-state index contributed by atoms with van der Waals surface area (Å²) in [5.74, 6) is -1.50. The first-order valence-electron chi connectivity index (χ1n) is 7.40. The molecule has 24 heavy (non-hydrogen) atoms. The molecular weight excluding hydrogens is 308 g/mol. The molecule has 0 saturated carbocycles. The van der Waals surface area contributed by atoms with Crippen LogP contribution in [-0.4, -0.2) is 30.9 Å². The van der Waals surface area contributed by atoms with Crippen molar-refractivity contribution in [3.8, 4) is 0 Å². The zero-order valence-corrected chi connectivity index (χ0v) is 13.2. The van der Waals surface area contributed by atoms with E-state index in [-0.39, 0.29) is 12.5 Å². The summed E-state index contributed by atoms with van der Waals surface area (Å²) in [6.07, 6.45) is 0. The van der Waals surface area contributed by atoms with E-state index in [4.69, 9.17) is 4.74 Å². The lowest BCUT2D eigenvalue weighted by molar-refractivity contribution is -0.146. The summed E-state index contributed by atoms with van der Waals surface area (Å²) < 4.78 is 4.84. The summed E-state index contributed by atoms with van der Waals surface area (Å²) in [5, 5.41) is 5.09. The Bertz CT molecular complexity index is 729. The van der Waals surface area contributed by atoms with Crippen LogP contribution in [0.1, 0.15) is 15.9 Å². The van der Waals surface area contributed by atoms with E-state index in [2.05, 4.69) is 10.6 Å². The van der Waals surface area contributed by atoms with Crippen molar-refractivity contribution in [1.82, 2.24) is 5.32 Å². The summed E-state index contributed by atoms with van der Waals surface area (Å²) in [6, 6.07) is 15.8. The van der Waals surface area contributed by atoms with Crippen LogP contribution in [0.4, 0.5) is 5.69 Å². The Morgan fingerprint density at radius 1 is 0.958 bits per heavy atom. The zero-order chi connectivity index (χ0) is 17.4. The van der Waals surface area contributed by atoms with Crippen molar-refractivity contribution < 1.29 is 19.1 Å². The number of benzene rings is 2. The number of anilines is 1. The van der Waals surface area contributed by atoms with Gasteiger partial charge < -0.3 is 15.4 Å². The minimum atomic E-state index is -0.681. The van der Waals surface area contributed by atoms with Crippen LogP contribution in [-0.2, 0) is 14.3 Å². The fraction of sp³-hybridized carbons (Fsp3) is 0.167. The third-order valence-electron chi connectivity index (χ3n) is 3.21. The van der Waals surface area contributed by atoms with Crippen LogP contribution >= 0.6 is 0 Å². The molecule has 0 aromatic heterocycles. The standard InChI is InChI=1S/C18H18N2O4/c1-13-7-5-6-10-15(13)20-16(21)12-24-17(22)11-19-18(23)14-8-3-2-4-9-14/h2-10H,11-12H2,1H3,(H,19,23)(H,20,21). The molecule has 2 aromatic rings. The summed E-state index contributed by atoms with van der Waals surface area (Å²) in [7, 11) is 0. The van der Waals surface area contributed by atoms with Gasteiger partial charge in [-0.1, -0.05) is 36.4 Å². The third kappa shape index (κ3) is 5.24. The lowest BCUT2D eigenvalue weighted by atomic mass is 10.2. The van der Waals surface area contributed by atoms with Crippen molar-refractivity contribution in [1.29, 1.82) is 0 Å². The zero-order valence-electron chi connectivity index (χ0n) is 13.2. The van der Waals surface area contributed by atoms with Gasteiger partial charge in [0.25, 0.3) is 11.8 Å². The lowest BCUT2D eigenvalue weighted by Crippen LogP contribution is -2.32. The van der Waals surface area contributed by atoms with Gasteiger partial charge in [-0.25, -0.2) is 0 Å². The highest BCUT2D eigenvalue weighted by molar-refractivity contribution is 5.96. The molecule has 0 aliphatic heterocycles. The number of para-hydroxylation sites is 1. The summed E-state index contributed by atoms with van der Waals surface area (Å²) in [4.78, 5) is 35.1. The normalized spacial score (nSPS) is 9.88. The summed E-state index contributed by atoms with van der Waals surface area (Å²) in [6.45, 7) is 1.15. The largest absolute Gasteiger partial charge is 0.454 e. The number of rotatable bonds is 6. The highest BCUT2D eigenvalue weighted by Gasteiger charge is 2.11. The molecule has 0 unspecified atom stereocenters. The fourth-order valence-corrected chi connectivity index (χ4v) is 1.94. The fourth-order valence-electron chi connectivity index (χ4n) is 1.94. The molecule has 0 spiro atoms. The lowest BCUT2D eigenvalue weighted by Gasteiger charge is -2.09. The van der Waals surface area contributed by atoms with Crippen molar-refractivity contribution in [3.63, 3.8) is 0 Å². The van der Waals surface area contributed by atoms with Crippen molar-refractivity contribution in [2.24, 2.45) is 0 Å². The molecule has 6 heteroatoms. The molecule has 0 atom stereocenters. The van der Waals surface area contributed by atoms with Gasteiger partial charge in [0, 0.05) is 11.3 Å². The molecule has 2 N–H and O–H groups in total. The first-order chi connectivity index (χ1) is 11.6. The monoisotopic (exact) mass is 326 g/mol. The predicted octanol–water partition coefficient (Wildman–Crippen LogP) is 1.91. The van der Waals surface area contributed by atoms with Gasteiger partial charge >= 0.3 is 5.97 Å². The molecule has 6 nitrogen and oxygen atoms in total. The van der Waals surface area contributed by atoms with E-state index in [1.54, 1.807) is 42.5 Å². The molecule has 2 amide bonds. The summed E-state index contributed by atoms with van der Waals surface area (Å²) in [5.41, 5.74) is 2.02. The minimum Gasteiger partial charge on any atom is -0.454 e. The second-order valence-corrected chi connectivity index (χ2v) is 5.07. The van der Waals surface area contributed by atoms with Crippen LogP contribution in [0, 0.1) is 6.92 Å². The Labute approximate surface area is 139 Å². The number of aryl methyl sites for hydroxylation is 1. The number of hydrogen-bond acceptors (Lipinski definition) is 4. The maximum absolute atomic E-state index is 11.8. The maximum atomic E-state index is 11.8. The molecule has 2 rings (SSSR count). The van der Waals surface area contributed by atoms with E-state index in [9.17, 15) is 14.4 Å². The Hall–Kier alpha value is -3.15. The number of esters is 1. The van der Waals surface area contributed by atoms with Crippen molar-refractivity contribution in [3.05, 3.63) is 65.7 Å². The quantitative estimate of drug-likeness (QED) is 0.794. The van der Waals surface area contributed by atoms with Crippen molar-refractivity contribution >= 4 is 23.5 Å². The molecule has 0 saturated heterocycles. The first kappa shape index (κ1) is 17.2. The van der Waals surface area contributed by atoms with Gasteiger partial charge in [0.05, 0.1) is 0 Å². The average Bonchev–Trinajstić information content (AvgIpc) is 2.60. The van der Waals surface area contributed by atoms with E-state index < -0.39 is 18.5 Å². The van der Waals surface area contributed by atoms with Crippen LogP contribution in [0.5, 0.6) is 0 Å². The van der Waals surface area contributed by atoms with Crippen LogP contribution in [0.15, 0.2) is 54.6 Å². The average molecular weight is 326 g/mol.